The Kier molecular flexibility index (Phi) is 4.08. The van der Waals surface area contributed by atoms with Gasteiger partial charge < -0.3 is 10.2 Å². The van der Waals surface area contributed by atoms with Crippen molar-refractivity contribution in [2.24, 2.45) is 5.73 Å². The van der Waals surface area contributed by atoms with Crippen LogP contribution in [0.4, 0.5) is 0 Å². The van der Waals surface area contributed by atoms with Crippen molar-refractivity contribution in [1.29, 1.82) is 0 Å². The average Bonchev–Trinajstić information content (AvgIpc) is 2.78. The van der Waals surface area contributed by atoms with Gasteiger partial charge in [0.05, 0.1) is 6.04 Å². The summed E-state index contributed by atoms with van der Waals surface area (Å²) in [5, 5.41) is 1.17. The smallest absolute Gasteiger partial charge is 0.134 e. The monoisotopic (exact) mass is 272 g/mol. The summed E-state index contributed by atoms with van der Waals surface area (Å²) in [6.07, 6.45) is 5.19. The normalized spacial score (nSPS) is 22.8. The molecule has 1 aromatic heterocycles. The standard InChI is InChI=1S/C17H24N2O/c1-13-7-3-2-6-10-19(13)15(12-18)17-11-14-8-4-5-9-16(14)20-17/h4-5,8-9,11,13,15H,2-3,6-7,10,12,18H2,1H3. The molecule has 0 bridgehead atoms. The molecule has 0 spiro atoms. The Balaban J connectivity index is 1.91. The van der Waals surface area contributed by atoms with Gasteiger partial charge in [-0.05, 0) is 38.4 Å². The number of furan rings is 1. The summed E-state index contributed by atoms with van der Waals surface area (Å²) in [6.45, 7) is 4.06. The predicted octanol–water partition coefficient (Wildman–Crippen LogP) is 3.70. The lowest BCUT2D eigenvalue weighted by molar-refractivity contribution is 0.135. The van der Waals surface area contributed by atoms with Crippen molar-refractivity contribution >= 4 is 11.0 Å². The van der Waals surface area contributed by atoms with E-state index in [1.165, 1.54) is 31.1 Å². The number of hydrogen-bond donors (Lipinski definition) is 1. The summed E-state index contributed by atoms with van der Waals surface area (Å²) >= 11 is 0. The molecule has 1 saturated heterocycles. The van der Waals surface area contributed by atoms with Crippen molar-refractivity contribution < 1.29 is 4.42 Å². The number of likely N-dealkylation sites (tertiary alicyclic amines) is 1. The van der Waals surface area contributed by atoms with Crippen molar-refractivity contribution in [3.8, 4) is 0 Å². The maximum absolute atomic E-state index is 6.07. The van der Waals surface area contributed by atoms with Crippen LogP contribution in [0.25, 0.3) is 11.0 Å². The Morgan fingerprint density at radius 3 is 2.95 bits per heavy atom. The molecule has 1 aliphatic heterocycles. The van der Waals surface area contributed by atoms with Crippen LogP contribution in [-0.2, 0) is 0 Å². The Morgan fingerprint density at radius 1 is 1.30 bits per heavy atom. The van der Waals surface area contributed by atoms with E-state index in [-0.39, 0.29) is 6.04 Å². The van der Waals surface area contributed by atoms with E-state index in [4.69, 9.17) is 10.2 Å². The zero-order chi connectivity index (χ0) is 13.9. The summed E-state index contributed by atoms with van der Waals surface area (Å²) in [7, 11) is 0. The van der Waals surface area contributed by atoms with Crippen molar-refractivity contribution in [2.75, 3.05) is 13.1 Å². The van der Waals surface area contributed by atoms with E-state index >= 15 is 0 Å². The molecule has 20 heavy (non-hydrogen) atoms. The maximum Gasteiger partial charge on any atom is 0.134 e. The Morgan fingerprint density at radius 2 is 2.15 bits per heavy atom. The number of benzene rings is 1. The second-order valence-corrected chi connectivity index (χ2v) is 5.87. The van der Waals surface area contributed by atoms with E-state index in [2.05, 4.69) is 24.0 Å². The van der Waals surface area contributed by atoms with Gasteiger partial charge in [-0.15, -0.1) is 0 Å². The number of hydrogen-bond acceptors (Lipinski definition) is 3. The van der Waals surface area contributed by atoms with E-state index < -0.39 is 0 Å². The highest BCUT2D eigenvalue weighted by molar-refractivity contribution is 5.77. The lowest BCUT2D eigenvalue weighted by Gasteiger charge is -2.33. The van der Waals surface area contributed by atoms with E-state index in [0.29, 0.717) is 12.6 Å². The molecule has 2 unspecified atom stereocenters. The number of nitrogens with two attached hydrogens (primary N) is 1. The van der Waals surface area contributed by atoms with E-state index in [1.807, 2.05) is 18.2 Å². The van der Waals surface area contributed by atoms with Crippen LogP contribution >= 0.6 is 0 Å². The van der Waals surface area contributed by atoms with Crippen LogP contribution < -0.4 is 5.73 Å². The van der Waals surface area contributed by atoms with Crippen molar-refractivity contribution in [2.45, 2.75) is 44.7 Å². The average molecular weight is 272 g/mol. The summed E-state index contributed by atoms with van der Waals surface area (Å²) in [4.78, 5) is 2.53. The molecule has 2 atom stereocenters. The summed E-state index contributed by atoms with van der Waals surface area (Å²) in [5.41, 5.74) is 7.03. The molecule has 2 aromatic rings. The highest BCUT2D eigenvalue weighted by atomic mass is 16.3. The first-order chi connectivity index (χ1) is 9.79. The van der Waals surface area contributed by atoms with Gasteiger partial charge in [-0.1, -0.05) is 31.0 Å². The van der Waals surface area contributed by atoms with Crippen LogP contribution in [0.2, 0.25) is 0 Å². The molecule has 1 aliphatic rings. The minimum atomic E-state index is 0.204. The maximum atomic E-state index is 6.07. The molecule has 108 valence electrons. The van der Waals surface area contributed by atoms with Gasteiger partial charge in [0, 0.05) is 18.0 Å². The van der Waals surface area contributed by atoms with Crippen LogP contribution in [0.1, 0.15) is 44.4 Å². The van der Waals surface area contributed by atoms with Gasteiger partial charge in [0.15, 0.2) is 0 Å². The fourth-order valence-electron chi connectivity index (χ4n) is 3.34. The summed E-state index contributed by atoms with van der Waals surface area (Å²) in [5.74, 6) is 1.02. The van der Waals surface area contributed by atoms with E-state index in [0.717, 1.165) is 17.9 Å². The zero-order valence-corrected chi connectivity index (χ0v) is 12.2. The fraction of sp³-hybridized carbons (Fsp3) is 0.529. The molecular weight excluding hydrogens is 248 g/mol. The van der Waals surface area contributed by atoms with Crippen LogP contribution in [0, 0.1) is 0 Å². The van der Waals surface area contributed by atoms with Gasteiger partial charge in [0.1, 0.15) is 11.3 Å². The third kappa shape index (κ3) is 2.60. The van der Waals surface area contributed by atoms with Crippen molar-refractivity contribution in [3.05, 3.63) is 36.1 Å². The molecule has 2 N–H and O–H groups in total. The molecule has 1 aromatic carbocycles. The highest BCUT2D eigenvalue weighted by Crippen LogP contribution is 2.31. The second-order valence-electron chi connectivity index (χ2n) is 5.87. The third-order valence-corrected chi connectivity index (χ3v) is 4.50. The first-order valence-corrected chi connectivity index (χ1v) is 7.74. The van der Waals surface area contributed by atoms with E-state index in [1.54, 1.807) is 0 Å². The lowest BCUT2D eigenvalue weighted by Crippen LogP contribution is -2.39. The molecule has 2 heterocycles. The Labute approximate surface area is 120 Å². The molecule has 3 heteroatoms. The number of fused-ring (bicyclic) bond motifs is 1. The van der Waals surface area contributed by atoms with Crippen LogP contribution in [-0.4, -0.2) is 24.0 Å². The Bertz CT molecular complexity index is 530. The largest absolute Gasteiger partial charge is 0.459 e. The zero-order valence-electron chi connectivity index (χ0n) is 12.2. The van der Waals surface area contributed by atoms with Crippen LogP contribution in [0.3, 0.4) is 0 Å². The predicted molar refractivity (Wildman–Crippen MR) is 82.6 cm³/mol. The van der Waals surface area contributed by atoms with Gasteiger partial charge in [-0.2, -0.15) is 0 Å². The lowest BCUT2D eigenvalue weighted by atomic mass is 10.1. The molecule has 1 fully saturated rings. The van der Waals surface area contributed by atoms with Crippen molar-refractivity contribution in [1.82, 2.24) is 4.90 Å². The molecule has 0 aliphatic carbocycles. The quantitative estimate of drug-likeness (QED) is 0.926. The summed E-state index contributed by atoms with van der Waals surface area (Å²) < 4.78 is 6.04. The summed E-state index contributed by atoms with van der Waals surface area (Å²) in [6, 6.07) is 11.1. The molecule has 0 radical (unpaired) electrons. The SMILES string of the molecule is CC1CCCCCN1C(CN)c1cc2ccccc2o1. The van der Waals surface area contributed by atoms with Gasteiger partial charge in [-0.25, -0.2) is 0 Å². The number of rotatable bonds is 3. The molecule has 3 rings (SSSR count). The molecule has 3 nitrogen and oxygen atoms in total. The second kappa shape index (κ2) is 5.98. The molecular formula is C17H24N2O. The van der Waals surface area contributed by atoms with Gasteiger partial charge in [0.25, 0.3) is 0 Å². The first-order valence-electron chi connectivity index (χ1n) is 7.74. The topological polar surface area (TPSA) is 42.4 Å². The highest BCUT2D eigenvalue weighted by Gasteiger charge is 2.27. The van der Waals surface area contributed by atoms with Crippen LogP contribution in [0.5, 0.6) is 0 Å². The van der Waals surface area contributed by atoms with Crippen LogP contribution in [0.15, 0.2) is 34.7 Å². The third-order valence-electron chi connectivity index (χ3n) is 4.50. The van der Waals surface area contributed by atoms with E-state index in [9.17, 15) is 0 Å². The molecule has 0 saturated carbocycles. The minimum absolute atomic E-state index is 0.204. The van der Waals surface area contributed by atoms with Gasteiger partial charge in [0.2, 0.25) is 0 Å². The Hall–Kier alpha value is -1.32. The van der Waals surface area contributed by atoms with Crippen molar-refractivity contribution in [3.63, 3.8) is 0 Å². The number of nitrogens with zero attached hydrogens (tertiary/aromatic N) is 1. The minimum Gasteiger partial charge on any atom is -0.459 e. The first kappa shape index (κ1) is 13.7. The fourth-order valence-corrected chi connectivity index (χ4v) is 3.34. The van der Waals surface area contributed by atoms with Gasteiger partial charge >= 0.3 is 0 Å². The molecule has 0 amide bonds. The van der Waals surface area contributed by atoms with Gasteiger partial charge in [-0.3, -0.25) is 4.90 Å². The number of para-hydroxylation sites is 1.